The lowest BCUT2D eigenvalue weighted by atomic mass is 9.95. The number of halogens is 3. The number of amides is 2. The maximum atomic E-state index is 17.1. The van der Waals surface area contributed by atoms with Crippen LogP contribution in [0.25, 0.3) is 32.9 Å². The van der Waals surface area contributed by atoms with Crippen LogP contribution in [-0.2, 0) is 4.79 Å². The molecule has 57 heavy (non-hydrogen) atoms. The minimum Gasteiger partial charge on any atom is -0.508 e. The number of terminal acetylenes is 1. The second-order valence-electron chi connectivity index (χ2n) is 15.2. The van der Waals surface area contributed by atoms with Crippen LogP contribution in [0.2, 0.25) is 0 Å². The number of benzene rings is 2. The SMILES string of the molecule is C#Cc1c(F)ccc2cc(O)cc(-c3ncc4c(N5CC6CCC(C5)N6C(=O)c5cncc(NC(=O)C=C)c5)nc(OCC56CCCN5CC(F)C6)nc4c3F)c12. The Morgan fingerprint density at radius 1 is 1.11 bits per heavy atom. The highest BCUT2D eigenvalue weighted by Crippen LogP contribution is 2.43. The summed E-state index contributed by atoms with van der Waals surface area (Å²) in [4.78, 5) is 49.8. The second kappa shape index (κ2) is 14.0. The number of carbonyl (C=O) groups excluding carboxylic acids is 2. The molecular formula is C42H37F3N8O4. The molecule has 7 heterocycles. The molecule has 0 spiro atoms. The van der Waals surface area contributed by atoms with E-state index in [1.165, 1.54) is 42.9 Å². The Balaban J connectivity index is 1.11. The number of ether oxygens (including phenoxy) is 1. The van der Waals surface area contributed by atoms with E-state index < -0.39 is 29.3 Å². The number of nitrogens with one attached hydrogen (secondary N) is 1. The predicted molar refractivity (Wildman–Crippen MR) is 207 cm³/mol. The van der Waals surface area contributed by atoms with Gasteiger partial charge in [0.15, 0.2) is 5.82 Å². The number of pyridine rings is 2. The van der Waals surface area contributed by atoms with Crippen molar-refractivity contribution in [2.75, 3.05) is 43.0 Å². The van der Waals surface area contributed by atoms with Gasteiger partial charge in [-0.25, -0.2) is 13.2 Å². The van der Waals surface area contributed by atoms with Gasteiger partial charge in [-0.05, 0) is 68.0 Å². The summed E-state index contributed by atoms with van der Waals surface area (Å²) >= 11 is 0. The first kappa shape index (κ1) is 36.4. The summed E-state index contributed by atoms with van der Waals surface area (Å²) in [6, 6.07) is 6.32. The Kier molecular flexibility index (Phi) is 8.96. The molecule has 4 aliphatic rings. The van der Waals surface area contributed by atoms with E-state index in [0.717, 1.165) is 25.5 Å². The van der Waals surface area contributed by atoms with E-state index in [1.807, 2.05) is 9.80 Å². The molecule has 0 aliphatic carbocycles. The van der Waals surface area contributed by atoms with Crippen molar-refractivity contribution in [3.8, 4) is 35.4 Å². The molecular weight excluding hydrogens is 738 g/mol. The van der Waals surface area contributed by atoms with E-state index in [4.69, 9.17) is 16.1 Å². The molecule has 2 bridgehead atoms. The molecule has 0 saturated carbocycles. The van der Waals surface area contributed by atoms with Gasteiger partial charge in [0.2, 0.25) is 5.91 Å². The Bertz CT molecular complexity index is 2530. The molecule has 15 heteroatoms. The number of carbonyl (C=O) groups is 2. The summed E-state index contributed by atoms with van der Waals surface area (Å²) < 4.78 is 53.1. The largest absolute Gasteiger partial charge is 0.508 e. The lowest BCUT2D eigenvalue weighted by Gasteiger charge is -2.42. The normalized spacial score (nSPS) is 22.8. The smallest absolute Gasteiger partial charge is 0.319 e. The minimum atomic E-state index is -0.985. The minimum absolute atomic E-state index is 0.0766. The second-order valence-corrected chi connectivity index (χ2v) is 15.2. The zero-order chi connectivity index (χ0) is 39.6. The van der Waals surface area contributed by atoms with Gasteiger partial charge in [0.25, 0.3) is 5.91 Å². The molecule has 0 radical (unpaired) electrons. The Morgan fingerprint density at radius 2 is 1.91 bits per heavy atom. The molecule has 3 aromatic heterocycles. The van der Waals surface area contributed by atoms with Gasteiger partial charge in [0, 0.05) is 49.4 Å². The third-order valence-electron chi connectivity index (χ3n) is 11.8. The Morgan fingerprint density at radius 3 is 2.68 bits per heavy atom. The van der Waals surface area contributed by atoms with Crippen LogP contribution in [0.5, 0.6) is 11.8 Å². The first-order valence-electron chi connectivity index (χ1n) is 18.8. The van der Waals surface area contributed by atoms with Gasteiger partial charge >= 0.3 is 6.01 Å². The lowest BCUT2D eigenvalue weighted by Crippen LogP contribution is -2.56. The summed E-state index contributed by atoms with van der Waals surface area (Å²) in [6.45, 7) is 5.34. The number of anilines is 2. The number of phenols is 1. The number of piperazine rings is 1. The zero-order valence-electron chi connectivity index (χ0n) is 30.7. The molecule has 2 N–H and O–H groups in total. The van der Waals surface area contributed by atoms with E-state index in [2.05, 4.69) is 37.7 Å². The maximum absolute atomic E-state index is 17.1. The van der Waals surface area contributed by atoms with Crippen molar-refractivity contribution in [3.05, 3.63) is 84.3 Å². The van der Waals surface area contributed by atoms with Crippen molar-refractivity contribution in [2.24, 2.45) is 0 Å². The average molecular weight is 775 g/mol. The summed E-state index contributed by atoms with van der Waals surface area (Å²) in [5.74, 6) is 0.300. The third-order valence-corrected chi connectivity index (χ3v) is 11.8. The Hall–Kier alpha value is -6.27. The highest BCUT2D eigenvalue weighted by atomic mass is 19.1. The number of nitrogens with zero attached hydrogens (tertiary/aromatic N) is 7. The van der Waals surface area contributed by atoms with Gasteiger partial charge in [-0.15, -0.1) is 6.42 Å². The topological polar surface area (TPSA) is 137 Å². The third kappa shape index (κ3) is 6.24. The van der Waals surface area contributed by atoms with Gasteiger partial charge in [-0.3, -0.25) is 24.5 Å². The van der Waals surface area contributed by atoms with Crippen LogP contribution >= 0.6 is 0 Å². The van der Waals surface area contributed by atoms with Crippen molar-refractivity contribution in [3.63, 3.8) is 0 Å². The molecule has 4 fully saturated rings. The fraction of sp³-hybridized carbons (Fsp3) is 0.333. The van der Waals surface area contributed by atoms with Gasteiger partial charge in [-0.2, -0.15) is 9.97 Å². The quantitative estimate of drug-likeness (QED) is 0.148. The number of aromatic nitrogens is 4. The maximum Gasteiger partial charge on any atom is 0.319 e. The van der Waals surface area contributed by atoms with Gasteiger partial charge < -0.3 is 25.0 Å². The number of rotatable bonds is 8. The van der Waals surface area contributed by atoms with Crippen LogP contribution in [0.3, 0.4) is 0 Å². The van der Waals surface area contributed by atoms with Crippen molar-refractivity contribution in [1.82, 2.24) is 29.7 Å². The van der Waals surface area contributed by atoms with Crippen LogP contribution in [0, 0.1) is 24.0 Å². The molecule has 2 amide bonds. The summed E-state index contributed by atoms with van der Waals surface area (Å²) in [5, 5.41) is 14.2. The molecule has 12 nitrogen and oxygen atoms in total. The predicted octanol–water partition coefficient (Wildman–Crippen LogP) is 5.78. The van der Waals surface area contributed by atoms with E-state index in [9.17, 15) is 23.5 Å². The van der Waals surface area contributed by atoms with Crippen LogP contribution in [-0.4, -0.2) is 103 Å². The van der Waals surface area contributed by atoms with Gasteiger partial charge in [-0.1, -0.05) is 18.6 Å². The van der Waals surface area contributed by atoms with E-state index in [-0.39, 0.29) is 69.5 Å². The van der Waals surface area contributed by atoms with E-state index in [0.29, 0.717) is 61.4 Å². The number of alkyl halides is 1. The first-order valence-corrected chi connectivity index (χ1v) is 18.8. The number of hydrogen-bond donors (Lipinski definition) is 2. The molecule has 290 valence electrons. The van der Waals surface area contributed by atoms with Crippen molar-refractivity contribution < 1.29 is 32.6 Å². The number of fused-ring (bicyclic) bond motifs is 5. The number of phenolic OH excluding ortho intramolecular Hbond substituents is 1. The van der Waals surface area contributed by atoms with Gasteiger partial charge in [0.1, 0.15) is 41.4 Å². The number of aromatic hydroxyl groups is 1. The molecule has 4 saturated heterocycles. The van der Waals surface area contributed by atoms with Crippen molar-refractivity contribution in [1.29, 1.82) is 0 Å². The standard InChI is InChI=1S/C42H37F3N8O4/c1-3-30-33(44)9-6-23-13-29(54)14-31(35(23)30)37-36(45)38-32(18-47-37)39(50-41(49-38)57-22-42-10-5-11-52(42)19-25(43)15-42)51-20-27-7-8-28(21-51)53(27)40(56)24-12-26(17-46-16-24)48-34(55)4-2/h1,4,6,9,12-14,16-18,25,27-28,54H,2,5,7-8,10-11,15,19-22H2,(H,48,55). The highest BCUT2D eigenvalue weighted by Gasteiger charge is 2.50. The van der Waals surface area contributed by atoms with Gasteiger partial charge in [0.05, 0.1) is 46.0 Å². The molecule has 4 unspecified atom stereocenters. The molecule has 5 aromatic rings. The average Bonchev–Trinajstić information content (AvgIpc) is 3.82. The van der Waals surface area contributed by atoms with E-state index >= 15 is 4.39 Å². The van der Waals surface area contributed by atoms with Crippen LogP contribution < -0.4 is 15.0 Å². The zero-order valence-corrected chi connectivity index (χ0v) is 30.7. The summed E-state index contributed by atoms with van der Waals surface area (Å²) in [6.07, 6.45) is 13.6. The fourth-order valence-corrected chi connectivity index (χ4v) is 9.29. The van der Waals surface area contributed by atoms with Crippen molar-refractivity contribution in [2.45, 2.75) is 55.9 Å². The molecule has 9 rings (SSSR count). The Labute approximate surface area is 325 Å². The fourth-order valence-electron chi connectivity index (χ4n) is 9.29. The molecule has 2 aromatic carbocycles. The number of hydrogen-bond acceptors (Lipinski definition) is 10. The summed E-state index contributed by atoms with van der Waals surface area (Å²) in [5.41, 5.74) is -0.209. The molecule has 4 atom stereocenters. The van der Waals surface area contributed by atoms with Crippen LogP contribution in [0.15, 0.2) is 61.6 Å². The lowest BCUT2D eigenvalue weighted by molar-refractivity contribution is -0.111. The van der Waals surface area contributed by atoms with Crippen LogP contribution in [0.1, 0.15) is 48.0 Å². The van der Waals surface area contributed by atoms with E-state index in [1.54, 1.807) is 6.07 Å². The monoisotopic (exact) mass is 774 g/mol. The first-order chi connectivity index (χ1) is 27.6. The highest BCUT2D eigenvalue weighted by molar-refractivity contribution is 6.03. The molecule has 4 aliphatic heterocycles. The van der Waals surface area contributed by atoms with Crippen molar-refractivity contribution >= 4 is 45.0 Å². The summed E-state index contributed by atoms with van der Waals surface area (Å²) in [7, 11) is 0. The van der Waals surface area contributed by atoms with Crippen LogP contribution in [0.4, 0.5) is 24.7 Å².